The van der Waals surface area contributed by atoms with Crippen molar-refractivity contribution in [2.45, 2.75) is 19.9 Å². The molecule has 3 heteroatoms. The second-order valence-electron chi connectivity index (χ2n) is 3.14. The van der Waals surface area contributed by atoms with Gasteiger partial charge in [0.25, 0.3) is 0 Å². The Hall–Kier alpha value is -2.00. The zero-order valence-electron chi connectivity index (χ0n) is 8.20. The van der Waals surface area contributed by atoms with Gasteiger partial charge in [-0.05, 0) is 31.5 Å². The van der Waals surface area contributed by atoms with E-state index in [0.29, 0.717) is 5.56 Å². The second-order valence-corrected chi connectivity index (χ2v) is 3.14. The normalized spacial score (nSPS) is 11.1. The highest BCUT2D eigenvalue weighted by Gasteiger charge is 2.03. The van der Waals surface area contributed by atoms with Crippen LogP contribution in [0.25, 0.3) is 0 Å². The summed E-state index contributed by atoms with van der Waals surface area (Å²) in [4.78, 5) is 0. The van der Waals surface area contributed by atoms with Crippen LogP contribution in [0.2, 0.25) is 0 Å². The number of aryl methyl sites for hydroxylation is 1. The van der Waals surface area contributed by atoms with Crippen LogP contribution in [0.3, 0.4) is 0 Å². The molecule has 0 saturated heterocycles. The minimum Gasteiger partial charge on any atom is -0.370 e. The summed E-state index contributed by atoms with van der Waals surface area (Å²) in [7, 11) is 0. The van der Waals surface area contributed by atoms with Crippen molar-refractivity contribution in [3.05, 3.63) is 29.3 Å². The van der Waals surface area contributed by atoms with Gasteiger partial charge in [-0.15, -0.1) is 0 Å². The molecule has 0 aliphatic heterocycles. The van der Waals surface area contributed by atoms with Crippen LogP contribution in [-0.2, 0) is 0 Å². The lowest BCUT2D eigenvalue weighted by Gasteiger charge is -2.10. The van der Waals surface area contributed by atoms with E-state index in [4.69, 9.17) is 10.5 Å². The smallest absolute Gasteiger partial charge is 0.111 e. The maximum atomic E-state index is 8.70. The first-order valence-corrected chi connectivity index (χ1v) is 4.34. The van der Waals surface area contributed by atoms with Crippen LogP contribution in [-0.4, -0.2) is 6.04 Å². The summed E-state index contributed by atoms with van der Waals surface area (Å²) in [5.41, 5.74) is 2.48. The van der Waals surface area contributed by atoms with E-state index in [0.717, 1.165) is 11.3 Å². The van der Waals surface area contributed by atoms with Gasteiger partial charge in [0.1, 0.15) is 6.04 Å². The number of nitrogens with one attached hydrogen (secondary N) is 1. The van der Waals surface area contributed by atoms with Crippen LogP contribution in [0.1, 0.15) is 18.1 Å². The van der Waals surface area contributed by atoms with Gasteiger partial charge in [0, 0.05) is 5.69 Å². The first-order valence-electron chi connectivity index (χ1n) is 4.34. The molecule has 0 saturated carbocycles. The second kappa shape index (κ2) is 4.30. The van der Waals surface area contributed by atoms with Crippen molar-refractivity contribution in [1.82, 2.24) is 0 Å². The average Bonchev–Trinajstić information content (AvgIpc) is 2.21. The van der Waals surface area contributed by atoms with Gasteiger partial charge in [-0.25, -0.2) is 0 Å². The SMILES string of the molecule is Cc1ccc(C#N)cc1NC(C)C#N. The lowest BCUT2D eigenvalue weighted by molar-refractivity contribution is 1.01. The number of hydrogen-bond acceptors (Lipinski definition) is 3. The molecule has 1 rings (SSSR count). The predicted molar refractivity (Wildman–Crippen MR) is 54.6 cm³/mol. The lowest BCUT2D eigenvalue weighted by Crippen LogP contribution is -2.12. The van der Waals surface area contributed by atoms with Gasteiger partial charge in [-0.1, -0.05) is 6.07 Å². The molecule has 0 bridgehead atoms. The van der Waals surface area contributed by atoms with Crippen LogP contribution in [0.5, 0.6) is 0 Å². The van der Waals surface area contributed by atoms with Crippen molar-refractivity contribution in [3.8, 4) is 12.1 Å². The zero-order chi connectivity index (χ0) is 10.6. The Morgan fingerprint density at radius 2 is 2.07 bits per heavy atom. The molecule has 0 spiro atoms. The molecule has 1 unspecified atom stereocenters. The molecule has 0 aliphatic carbocycles. The van der Waals surface area contributed by atoms with Gasteiger partial charge in [0.15, 0.2) is 0 Å². The quantitative estimate of drug-likeness (QED) is 0.768. The molecule has 0 heterocycles. The Balaban J connectivity index is 2.97. The highest BCUT2D eigenvalue weighted by atomic mass is 14.9. The Labute approximate surface area is 83.6 Å². The zero-order valence-corrected chi connectivity index (χ0v) is 8.20. The van der Waals surface area contributed by atoms with Crippen molar-refractivity contribution in [2.24, 2.45) is 0 Å². The number of nitrogens with zero attached hydrogens (tertiary/aromatic N) is 2. The van der Waals surface area contributed by atoms with E-state index in [9.17, 15) is 0 Å². The van der Waals surface area contributed by atoms with E-state index < -0.39 is 0 Å². The molecule has 0 fully saturated rings. The number of nitriles is 2. The summed E-state index contributed by atoms with van der Waals surface area (Å²) in [6.45, 7) is 3.71. The molecule has 1 aromatic carbocycles. The first kappa shape index (κ1) is 10.1. The fourth-order valence-corrected chi connectivity index (χ4v) is 1.11. The van der Waals surface area contributed by atoms with E-state index in [1.54, 1.807) is 19.1 Å². The van der Waals surface area contributed by atoms with Crippen molar-refractivity contribution < 1.29 is 0 Å². The maximum absolute atomic E-state index is 8.70. The van der Waals surface area contributed by atoms with E-state index in [-0.39, 0.29) is 6.04 Å². The van der Waals surface area contributed by atoms with Gasteiger partial charge in [0.05, 0.1) is 17.7 Å². The number of hydrogen-bond donors (Lipinski definition) is 1. The van der Waals surface area contributed by atoms with Gasteiger partial charge in [-0.2, -0.15) is 10.5 Å². The average molecular weight is 185 g/mol. The highest BCUT2D eigenvalue weighted by Crippen LogP contribution is 2.17. The Morgan fingerprint density at radius 3 is 2.64 bits per heavy atom. The highest BCUT2D eigenvalue weighted by molar-refractivity contribution is 5.56. The standard InChI is InChI=1S/C11H11N3/c1-8-3-4-10(7-13)5-11(8)14-9(2)6-12/h3-5,9,14H,1-2H3. The van der Waals surface area contributed by atoms with Gasteiger partial charge in [0.2, 0.25) is 0 Å². The van der Waals surface area contributed by atoms with Gasteiger partial charge in [-0.3, -0.25) is 0 Å². The fourth-order valence-electron chi connectivity index (χ4n) is 1.11. The Bertz CT molecular complexity index is 410. The Kier molecular flexibility index (Phi) is 3.09. The van der Waals surface area contributed by atoms with E-state index in [1.807, 2.05) is 13.0 Å². The number of rotatable bonds is 2. The molecule has 0 radical (unpaired) electrons. The third-order valence-electron chi connectivity index (χ3n) is 1.93. The molecule has 1 atom stereocenters. The lowest BCUT2D eigenvalue weighted by atomic mass is 10.1. The van der Waals surface area contributed by atoms with Crippen LogP contribution in [0, 0.1) is 29.6 Å². The van der Waals surface area contributed by atoms with E-state index >= 15 is 0 Å². The van der Waals surface area contributed by atoms with Crippen LogP contribution >= 0.6 is 0 Å². The van der Waals surface area contributed by atoms with Crippen LogP contribution in [0.15, 0.2) is 18.2 Å². The van der Waals surface area contributed by atoms with Crippen LogP contribution < -0.4 is 5.32 Å². The van der Waals surface area contributed by atoms with Crippen LogP contribution in [0.4, 0.5) is 5.69 Å². The number of benzene rings is 1. The summed E-state index contributed by atoms with van der Waals surface area (Å²) < 4.78 is 0. The molecule has 70 valence electrons. The minimum absolute atomic E-state index is 0.248. The van der Waals surface area contributed by atoms with Gasteiger partial charge >= 0.3 is 0 Å². The molecule has 3 nitrogen and oxygen atoms in total. The topological polar surface area (TPSA) is 59.6 Å². The summed E-state index contributed by atoms with van der Waals surface area (Å²) >= 11 is 0. The largest absolute Gasteiger partial charge is 0.370 e. The fraction of sp³-hybridized carbons (Fsp3) is 0.273. The molecule has 1 aromatic rings. The monoisotopic (exact) mass is 185 g/mol. The Morgan fingerprint density at radius 1 is 1.36 bits per heavy atom. The third-order valence-corrected chi connectivity index (χ3v) is 1.93. The van der Waals surface area contributed by atoms with Crippen molar-refractivity contribution >= 4 is 5.69 Å². The molecule has 0 amide bonds. The third kappa shape index (κ3) is 2.24. The molecular formula is C11H11N3. The molecule has 1 N–H and O–H groups in total. The van der Waals surface area contributed by atoms with E-state index in [1.165, 1.54) is 0 Å². The summed E-state index contributed by atoms with van der Waals surface area (Å²) in [5.74, 6) is 0. The van der Waals surface area contributed by atoms with Gasteiger partial charge < -0.3 is 5.32 Å². The minimum atomic E-state index is -0.248. The molecule has 0 aliphatic rings. The summed E-state index contributed by atoms with van der Waals surface area (Å²) in [6.07, 6.45) is 0. The number of anilines is 1. The summed E-state index contributed by atoms with van der Waals surface area (Å²) in [5, 5.41) is 20.4. The molecule has 14 heavy (non-hydrogen) atoms. The first-order chi connectivity index (χ1) is 6.67. The van der Waals surface area contributed by atoms with Crippen molar-refractivity contribution in [2.75, 3.05) is 5.32 Å². The molecular weight excluding hydrogens is 174 g/mol. The van der Waals surface area contributed by atoms with Crippen molar-refractivity contribution in [3.63, 3.8) is 0 Å². The maximum Gasteiger partial charge on any atom is 0.111 e. The summed E-state index contributed by atoms with van der Waals surface area (Å²) in [6, 6.07) is 9.28. The molecule has 0 aromatic heterocycles. The predicted octanol–water partition coefficient (Wildman–Crippen LogP) is 2.19. The van der Waals surface area contributed by atoms with Crippen molar-refractivity contribution in [1.29, 1.82) is 10.5 Å². The van der Waals surface area contributed by atoms with E-state index in [2.05, 4.69) is 17.5 Å².